The highest BCUT2D eigenvalue weighted by Gasteiger charge is 2.39. The van der Waals surface area contributed by atoms with E-state index in [0.717, 1.165) is 12.7 Å². The zero-order valence-electron chi connectivity index (χ0n) is 9.05. The van der Waals surface area contributed by atoms with Crippen molar-refractivity contribution in [3.63, 3.8) is 0 Å². The number of aldehydes is 1. The molecule has 0 rings (SSSR count). The lowest BCUT2D eigenvalue weighted by molar-refractivity contribution is -0.108. The number of rotatable bonds is 5. The van der Waals surface area contributed by atoms with Crippen molar-refractivity contribution in [3.8, 4) is 6.07 Å². The molecule has 0 N–H and O–H groups in total. The fraction of sp³-hybridized carbons (Fsp3) is 0.818. The molecule has 13 heavy (non-hydrogen) atoms. The standard InChI is InChI=1S/C11H19NO/c1-5-10(2,3)11(4,9-12)7-6-8-13/h8H,5-7H2,1-4H3. The van der Waals surface area contributed by atoms with Crippen molar-refractivity contribution in [3.05, 3.63) is 0 Å². The van der Waals surface area contributed by atoms with Crippen molar-refractivity contribution in [2.24, 2.45) is 10.8 Å². The Kier molecular flexibility index (Phi) is 4.13. The molecule has 0 spiro atoms. The summed E-state index contributed by atoms with van der Waals surface area (Å²) in [6, 6.07) is 2.35. The van der Waals surface area contributed by atoms with E-state index < -0.39 is 0 Å². The molecule has 74 valence electrons. The molecule has 0 radical (unpaired) electrons. The van der Waals surface area contributed by atoms with Crippen LogP contribution in [0.4, 0.5) is 0 Å². The molecule has 0 aliphatic carbocycles. The summed E-state index contributed by atoms with van der Waals surface area (Å²) < 4.78 is 0. The van der Waals surface area contributed by atoms with Crippen molar-refractivity contribution in [1.29, 1.82) is 5.26 Å². The summed E-state index contributed by atoms with van der Waals surface area (Å²) in [6.07, 6.45) is 2.98. The van der Waals surface area contributed by atoms with Crippen LogP contribution >= 0.6 is 0 Å². The predicted molar refractivity (Wildman–Crippen MR) is 53.1 cm³/mol. The van der Waals surface area contributed by atoms with Crippen LogP contribution in [0.25, 0.3) is 0 Å². The van der Waals surface area contributed by atoms with Crippen molar-refractivity contribution >= 4 is 6.29 Å². The minimum atomic E-state index is -0.386. The molecular formula is C11H19NO. The maximum absolute atomic E-state index is 10.3. The number of carbonyl (C=O) groups is 1. The summed E-state index contributed by atoms with van der Waals surface area (Å²) in [5.41, 5.74) is -0.409. The van der Waals surface area contributed by atoms with Crippen LogP contribution in [-0.4, -0.2) is 6.29 Å². The van der Waals surface area contributed by atoms with E-state index in [0.29, 0.717) is 12.8 Å². The maximum Gasteiger partial charge on any atom is 0.120 e. The topological polar surface area (TPSA) is 40.9 Å². The second-order valence-corrected chi connectivity index (χ2v) is 4.39. The number of nitrogens with zero attached hydrogens (tertiary/aromatic N) is 1. The van der Waals surface area contributed by atoms with Gasteiger partial charge in [-0.3, -0.25) is 0 Å². The van der Waals surface area contributed by atoms with Gasteiger partial charge in [0.1, 0.15) is 6.29 Å². The van der Waals surface area contributed by atoms with Gasteiger partial charge in [0.05, 0.1) is 11.5 Å². The molecular weight excluding hydrogens is 162 g/mol. The molecule has 0 fully saturated rings. The van der Waals surface area contributed by atoms with Crippen LogP contribution in [0.15, 0.2) is 0 Å². The summed E-state index contributed by atoms with van der Waals surface area (Å²) in [5.74, 6) is 0. The summed E-state index contributed by atoms with van der Waals surface area (Å²) in [4.78, 5) is 10.3. The van der Waals surface area contributed by atoms with Gasteiger partial charge in [-0.15, -0.1) is 0 Å². The Balaban J connectivity index is 4.63. The first-order valence-electron chi connectivity index (χ1n) is 4.78. The van der Waals surface area contributed by atoms with Gasteiger partial charge in [-0.1, -0.05) is 20.8 Å². The van der Waals surface area contributed by atoms with E-state index in [1.54, 1.807) is 0 Å². The highest BCUT2D eigenvalue weighted by atomic mass is 16.1. The lowest BCUT2D eigenvalue weighted by atomic mass is 9.64. The van der Waals surface area contributed by atoms with Gasteiger partial charge in [0.15, 0.2) is 0 Å². The predicted octanol–water partition coefficient (Wildman–Crippen LogP) is 2.93. The van der Waals surface area contributed by atoms with Gasteiger partial charge >= 0.3 is 0 Å². The molecule has 1 atom stereocenters. The second-order valence-electron chi connectivity index (χ2n) is 4.39. The highest BCUT2D eigenvalue weighted by Crippen LogP contribution is 2.44. The number of carbonyl (C=O) groups excluding carboxylic acids is 1. The van der Waals surface area contributed by atoms with Gasteiger partial charge in [-0.25, -0.2) is 0 Å². The Hall–Kier alpha value is -0.840. The molecule has 0 amide bonds. The number of hydrogen-bond acceptors (Lipinski definition) is 2. The van der Waals surface area contributed by atoms with Crippen LogP contribution in [0.2, 0.25) is 0 Å². The molecule has 0 saturated carbocycles. The van der Waals surface area contributed by atoms with E-state index in [-0.39, 0.29) is 10.8 Å². The first kappa shape index (κ1) is 12.2. The Morgan fingerprint density at radius 3 is 2.23 bits per heavy atom. The van der Waals surface area contributed by atoms with Crippen molar-refractivity contribution in [1.82, 2.24) is 0 Å². The zero-order valence-corrected chi connectivity index (χ0v) is 9.05. The molecule has 0 heterocycles. The number of nitriles is 1. The zero-order chi connectivity index (χ0) is 10.5. The summed E-state index contributed by atoms with van der Waals surface area (Å²) >= 11 is 0. The highest BCUT2D eigenvalue weighted by molar-refractivity contribution is 5.49. The molecule has 2 nitrogen and oxygen atoms in total. The van der Waals surface area contributed by atoms with E-state index in [2.05, 4.69) is 26.8 Å². The van der Waals surface area contributed by atoms with Crippen molar-refractivity contribution in [2.45, 2.75) is 47.0 Å². The van der Waals surface area contributed by atoms with Gasteiger partial charge in [0.2, 0.25) is 0 Å². The molecule has 0 aromatic heterocycles. The third-order valence-corrected chi connectivity index (χ3v) is 3.39. The monoisotopic (exact) mass is 181 g/mol. The van der Waals surface area contributed by atoms with E-state index >= 15 is 0 Å². The normalized spacial score (nSPS) is 15.9. The van der Waals surface area contributed by atoms with Crippen LogP contribution in [0, 0.1) is 22.2 Å². The van der Waals surface area contributed by atoms with Gasteiger partial charge in [0.25, 0.3) is 0 Å². The van der Waals surface area contributed by atoms with E-state index in [1.807, 2.05) is 6.92 Å². The van der Waals surface area contributed by atoms with Crippen molar-refractivity contribution in [2.75, 3.05) is 0 Å². The Bertz CT molecular complexity index is 215. The summed E-state index contributed by atoms with van der Waals surface area (Å²) in [5, 5.41) is 9.11. The molecule has 0 bridgehead atoms. The van der Waals surface area contributed by atoms with Gasteiger partial charge in [-0.05, 0) is 25.2 Å². The molecule has 2 heteroatoms. The average molecular weight is 181 g/mol. The summed E-state index contributed by atoms with van der Waals surface area (Å²) in [7, 11) is 0. The Morgan fingerprint density at radius 1 is 1.38 bits per heavy atom. The Morgan fingerprint density at radius 2 is 1.92 bits per heavy atom. The van der Waals surface area contributed by atoms with Crippen LogP contribution in [0.5, 0.6) is 0 Å². The third-order valence-electron chi connectivity index (χ3n) is 3.39. The summed E-state index contributed by atoms with van der Waals surface area (Å²) in [6.45, 7) is 8.19. The molecule has 0 aliphatic rings. The lowest BCUT2D eigenvalue weighted by Crippen LogP contribution is -2.33. The van der Waals surface area contributed by atoms with Gasteiger partial charge < -0.3 is 4.79 Å². The minimum Gasteiger partial charge on any atom is -0.303 e. The van der Waals surface area contributed by atoms with Gasteiger partial charge in [-0.2, -0.15) is 5.26 Å². The molecule has 0 aromatic rings. The van der Waals surface area contributed by atoms with E-state index in [4.69, 9.17) is 5.26 Å². The first-order chi connectivity index (χ1) is 5.93. The van der Waals surface area contributed by atoms with Crippen LogP contribution < -0.4 is 0 Å². The average Bonchev–Trinajstić information content (AvgIpc) is 2.13. The van der Waals surface area contributed by atoms with Crippen molar-refractivity contribution < 1.29 is 4.79 Å². The van der Waals surface area contributed by atoms with E-state index in [1.165, 1.54) is 0 Å². The van der Waals surface area contributed by atoms with Crippen LogP contribution in [0.3, 0.4) is 0 Å². The molecule has 0 aliphatic heterocycles. The maximum atomic E-state index is 10.3. The van der Waals surface area contributed by atoms with Crippen LogP contribution in [-0.2, 0) is 4.79 Å². The largest absolute Gasteiger partial charge is 0.303 e. The smallest absolute Gasteiger partial charge is 0.120 e. The lowest BCUT2D eigenvalue weighted by Gasteiger charge is -2.38. The first-order valence-corrected chi connectivity index (χ1v) is 4.78. The fourth-order valence-electron chi connectivity index (χ4n) is 1.28. The van der Waals surface area contributed by atoms with Gasteiger partial charge in [0, 0.05) is 6.42 Å². The molecule has 0 aromatic carbocycles. The third kappa shape index (κ3) is 2.55. The SMILES string of the molecule is CCC(C)(C)C(C)(C#N)CCC=O. The van der Waals surface area contributed by atoms with Crippen LogP contribution in [0.1, 0.15) is 47.0 Å². The quantitative estimate of drug-likeness (QED) is 0.612. The fourth-order valence-corrected chi connectivity index (χ4v) is 1.28. The number of hydrogen-bond donors (Lipinski definition) is 0. The Labute approximate surface area is 80.9 Å². The molecule has 1 unspecified atom stereocenters. The molecule has 0 saturated heterocycles. The van der Waals surface area contributed by atoms with E-state index in [9.17, 15) is 4.79 Å². The second kappa shape index (κ2) is 4.41. The minimum absolute atomic E-state index is 0.0231.